The van der Waals surface area contributed by atoms with Crippen LogP contribution in [0.3, 0.4) is 0 Å². The lowest BCUT2D eigenvalue weighted by Gasteiger charge is -2.30. The summed E-state index contributed by atoms with van der Waals surface area (Å²) in [5, 5.41) is 5.61. The van der Waals surface area contributed by atoms with Crippen LogP contribution in [0.2, 0.25) is 0 Å². The average molecular weight is 317 g/mol. The molecule has 1 aromatic carbocycles. The van der Waals surface area contributed by atoms with Gasteiger partial charge >= 0.3 is 6.03 Å². The molecule has 0 unspecified atom stereocenters. The summed E-state index contributed by atoms with van der Waals surface area (Å²) < 4.78 is 0. The molecule has 0 aromatic heterocycles. The number of carbonyl (C=O) groups is 2. The normalized spacial score (nSPS) is 15.5. The number of amides is 3. The van der Waals surface area contributed by atoms with Crippen LogP contribution in [0.4, 0.5) is 10.5 Å². The fourth-order valence-electron chi connectivity index (χ4n) is 3.15. The van der Waals surface area contributed by atoms with E-state index in [-0.39, 0.29) is 11.9 Å². The summed E-state index contributed by atoms with van der Waals surface area (Å²) >= 11 is 0. The van der Waals surface area contributed by atoms with Crippen LogP contribution in [-0.2, 0) is 4.79 Å². The Morgan fingerprint density at radius 2 is 1.74 bits per heavy atom. The van der Waals surface area contributed by atoms with Gasteiger partial charge in [0, 0.05) is 31.7 Å². The van der Waals surface area contributed by atoms with E-state index in [1.54, 1.807) is 6.92 Å². The molecule has 23 heavy (non-hydrogen) atoms. The number of hydrogen-bond donors (Lipinski definition) is 2. The molecule has 0 saturated heterocycles. The topological polar surface area (TPSA) is 61.4 Å². The first-order valence-electron chi connectivity index (χ1n) is 8.54. The number of benzene rings is 1. The molecule has 5 heteroatoms. The summed E-state index contributed by atoms with van der Waals surface area (Å²) in [5.41, 5.74) is 0.761. The molecule has 1 saturated carbocycles. The fourth-order valence-corrected chi connectivity index (χ4v) is 3.15. The lowest BCUT2D eigenvalue weighted by Crippen LogP contribution is -2.44. The van der Waals surface area contributed by atoms with Crippen molar-refractivity contribution in [1.29, 1.82) is 0 Å². The number of nitrogens with zero attached hydrogens (tertiary/aromatic N) is 1. The van der Waals surface area contributed by atoms with Gasteiger partial charge in [0.25, 0.3) is 0 Å². The average Bonchev–Trinajstić information content (AvgIpc) is 2.81. The van der Waals surface area contributed by atoms with Crippen molar-refractivity contribution >= 4 is 17.6 Å². The molecule has 0 spiro atoms. The third-order valence-electron chi connectivity index (χ3n) is 4.34. The van der Waals surface area contributed by atoms with Crippen LogP contribution in [0, 0.1) is 0 Å². The van der Waals surface area contributed by atoms with Crippen LogP contribution in [0.25, 0.3) is 0 Å². The number of carbonyl (C=O) groups excluding carboxylic acids is 2. The van der Waals surface area contributed by atoms with Crippen molar-refractivity contribution in [2.24, 2.45) is 0 Å². The third kappa shape index (κ3) is 5.93. The van der Waals surface area contributed by atoms with Gasteiger partial charge in [-0.15, -0.1) is 0 Å². The van der Waals surface area contributed by atoms with Crippen molar-refractivity contribution < 1.29 is 9.59 Å². The van der Waals surface area contributed by atoms with Crippen LogP contribution in [0.1, 0.15) is 45.4 Å². The Balaban J connectivity index is 1.77. The first-order chi connectivity index (χ1) is 11.2. The lowest BCUT2D eigenvalue weighted by atomic mass is 10.1. The SMILES string of the molecule is CC(=O)N(CCNC(=O)Nc1ccccc1)C1CCCCCC1. The molecule has 5 nitrogen and oxygen atoms in total. The monoisotopic (exact) mass is 317 g/mol. The van der Waals surface area contributed by atoms with Gasteiger partial charge in [0.2, 0.25) is 5.91 Å². The van der Waals surface area contributed by atoms with E-state index < -0.39 is 0 Å². The quantitative estimate of drug-likeness (QED) is 0.818. The maximum atomic E-state index is 11.9. The van der Waals surface area contributed by atoms with Crippen LogP contribution >= 0.6 is 0 Å². The highest BCUT2D eigenvalue weighted by molar-refractivity contribution is 5.89. The zero-order valence-corrected chi connectivity index (χ0v) is 13.9. The van der Waals surface area contributed by atoms with Crippen LogP contribution in [-0.4, -0.2) is 36.0 Å². The fraction of sp³-hybridized carbons (Fsp3) is 0.556. The number of anilines is 1. The van der Waals surface area contributed by atoms with Gasteiger partial charge in [0.05, 0.1) is 0 Å². The minimum Gasteiger partial charge on any atom is -0.338 e. The predicted molar refractivity (Wildman–Crippen MR) is 92.3 cm³/mol. The first-order valence-corrected chi connectivity index (χ1v) is 8.54. The summed E-state index contributed by atoms with van der Waals surface area (Å²) in [5.74, 6) is 0.0992. The maximum Gasteiger partial charge on any atom is 0.319 e. The molecule has 0 bridgehead atoms. The Hall–Kier alpha value is -2.04. The van der Waals surface area contributed by atoms with Gasteiger partial charge < -0.3 is 15.5 Å². The van der Waals surface area contributed by atoms with Gasteiger partial charge in [-0.2, -0.15) is 0 Å². The van der Waals surface area contributed by atoms with Gasteiger partial charge in [-0.05, 0) is 25.0 Å². The summed E-state index contributed by atoms with van der Waals surface area (Å²) in [4.78, 5) is 25.7. The van der Waals surface area contributed by atoms with Crippen molar-refractivity contribution in [1.82, 2.24) is 10.2 Å². The highest BCUT2D eigenvalue weighted by Crippen LogP contribution is 2.21. The Morgan fingerprint density at radius 3 is 2.35 bits per heavy atom. The number of para-hydroxylation sites is 1. The molecule has 0 atom stereocenters. The van der Waals surface area contributed by atoms with Crippen molar-refractivity contribution in [3.8, 4) is 0 Å². The van der Waals surface area contributed by atoms with E-state index in [4.69, 9.17) is 0 Å². The lowest BCUT2D eigenvalue weighted by molar-refractivity contribution is -0.131. The van der Waals surface area contributed by atoms with Gasteiger partial charge in [-0.25, -0.2) is 4.79 Å². The van der Waals surface area contributed by atoms with Crippen LogP contribution in [0.5, 0.6) is 0 Å². The zero-order valence-electron chi connectivity index (χ0n) is 13.9. The van der Waals surface area contributed by atoms with E-state index in [1.165, 1.54) is 25.7 Å². The molecule has 2 N–H and O–H groups in total. The van der Waals surface area contributed by atoms with Crippen molar-refractivity contribution in [3.63, 3.8) is 0 Å². The van der Waals surface area contributed by atoms with E-state index in [2.05, 4.69) is 10.6 Å². The predicted octanol–water partition coefficient (Wildman–Crippen LogP) is 3.38. The number of nitrogens with one attached hydrogen (secondary N) is 2. The summed E-state index contributed by atoms with van der Waals surface area (Å²) in [7, 11) is 0. The second-order valence-corrected chi connectivity index (χ2v) is 6.10. The minimum absolute atomic E-state index is 0.0992. The van der Waals surface area contributed by atoms with Gasteiger partial charge in [0.1, 0.15) is 0 Å². The summed E-state index contributed by atoms with van der Waals surface area (Å²) in [6.45, 7) is 2.66. The molecule has 0 radical (unpaired) electrons. The third-order valence-corrected chi connectivity index (χ3v) is 4.34. The standard InChI is InChI=1S/C18H27N3O2/c1-15(22)21(17-11-7-2-3-8-12-17)14-13-19-18(23)20-16-9-5-4-6-10-16/h4-6,9-10,17H,2-3,7-8,11-14H2,1H3,(H2,19,20,23). The van der Waals surface area contributed by atoms with Crippen molar-refractivity contribution in [2.45, 2.75) is 51.5 Å². The second-order valence-electron chi connectivity index (χ2n) is 6.10. The Morgan fingerprint density at radius 1 is 1.09 bits per heavy atom. The largest absolute Gasteiger partial charge is 0.338 e. The Labute approximate surface area is 138 Å². The minimum atomic E-state index is -0.236. The first kappa shape index (κ1) is 17.3. The van der Waals surface area contributed by atoms with Gasteiger partial charge in [-0.1, -0.05) is 43.9 Å². The summed E-state index contributed by atoms with van der Waals surface area (Å²) in [6, 6.07) is 9.42. The molecule has 1 aromatic rings. The van der Waals surface area contributed by atoms with E-state index in [0.29, 0.717) is 19.1 Å². The van der Waals surface area contributed by atoms with Crippen LogP contribution in [0.15, 0.2) is 30.3 Å². The highest BCUT2D eigenvalue weighted by atomic mass is 16.2. The smallest absolute Gasteiger partial charge is 0.319 e. The number of rotatable bonds is 5. The van der Waals surface area contributed by atoms with E-state index in [1.807, 2.05) is 35.2 Å². The van der Waals surface area contributed by atoms with Gasteiger partial charge in [0.15, 0.2) is 0 Å². The van der Waals surface area contributed by atoms with E-state index >= 15 is 0 Å². The Bertz CT molecular complexity index is 496. The zero-order chi connectivity index (χ0) is 16.5. The van der Waals surface area contributed by atoms with Crippen molar-refractivity contribution in [2.75, 3.05) is 18.4 Å². The second kappa shape index (κ2) is 9.18. The molecule has 3 amide bonds. The van der Waals surface area contributed by atoms with Crippen LogP contribution < -0.4 is 10.6 Å². The summed E-state index contributed by atoms with van der Waals surface area (Å²) in [6.07, 6.45) is 7.07. The molecule has 126 valence electrons. The maximum absolute atomic E-state index is 11.9. The molecule has 1 fully saturated rings. The van der Waals surface area contributed by atoms with Crippen molar-refractivity contribution in [3.05, 3.63) is 30.3 Å². The molecule has 1 aliphatic rings. The molecule has 0 heterocycles. The molecule has 1 aliphatic carbocycles. The number of urea groups is 1. The number of hydrogen-bond acceptors (Lipinski definition) is 2. The molecular formula is C18H27N3O2. The molecule has 2 rings (SSSR count). The molecule has 0 aliphatic heterocycles. The molecular weight excluding hydrogens is 290 g/mol. The highest BCUT2D eigenvalue weighted by Gasteiger charge is 2.21. The Kier molecular flexibility index (Phi) is 6.91. The van der Waals surface area contributed by atoms with E-state index in [9.17, 15) is 9.59 Å². The van der Waals surface area contributed by atoms with Gasteiger partial charge in [-0.3, -0.25) is 4.79 Å². The van der Waals surface area contributed by atoms with E-state index in [0.717, 1.165) is 18.5 Å².